The lowest BCUT2D eigenvalue weighted by atomic mass is 10.1. The minimum atomic E-state index is -0.937. The number of carboxylic acids is 1. The van der Waals surface area contributed by atoms with Crippen molar-refractivity contribution in [3.63, 3.8) is 0 Å². The summed E-state index contributed by atoms with van der Waals surface area (Å²) in [5.41, 5.74) is 1.27. The van der Waals surface area contributed by atoms with Crippen LogP contribution < -0.4 is 0 Å². The Bertz CT molecular complexity index is 495. The fraction of sp³-hybridized carbons (Fsp3) is 0.429. The lowest BCUT2D eigenvalue weighted by molar-refractivity contribution is -0.127. The molecule has 1 heterocycles. The number of rotatable bonds is 4. The normalized spacial score (nSPS) is 14.7. The first kappa shape index (κ1) is 13.9. The number of hydrogen-bond donors (Lipinski definition) is 1. The molecule has 0 aromatic heterocycles. The minimum Gasteiger partial charge on any atom is -0.478 e. The van der Waals surface area contributed by atoms with Crippen LogP contribution in [0.5, 0.6) is 0 Å². The predicted octanol–water partition coefficient (Wildman–Crippen LogP) is 2.41. The molecule has 1 aromatic rings. The van der Waals surface area contributed by atoms with Crippen LogP contribution in [-0.4, -0.2) is 40.7 Å². The van der Waals surface area contributed by atoms with E-state index in [9.17, 15) is 9.59 Å². The zero-order valence-electron chi connectivity index (χ0n) is 10.9. The Labute approximate surface area is 116 Å². The second kappa shape index (κ2) is 6.10. The van der Waals surface area contributed by atoms with E-state index in [-0.39, 0.29) is 11.5 Å². The van der Waals surface area contributed by atoms with Crippen molar-refractivity contribution in [2.75, 3.05) is 18.8 Å². The monoisotopic (exact) mass is 279 g/mol. The Kier molecular flexibility index (Phi) is 4.47. The zero-order chi connectivity index (χ0) is 13.8. The highest BCUT2D eigenvalue weighted by Crippen LogP contribution is 2.24. The first-order chi connectivity index (χ1) is 9.08. The van der Waals surface area contributed by atoms with Crippen LogP contribution in [-0.2, 0) is 4.79 Å². The molecular formula is C14H17NO3S. The summed E-state index contributed by atoms with van der Waals surface area (Å²) in [6.07, 6.45) is 2.17. The molecule has 0 atom stereocenters. The standard InChI is InChI=1S/C14H17NO3S/c1-10-4-5-11(14(17)18)8-12(10)19-9-13(16)15-6-2-3-7-15/h4-5,8H,2-3,6-7,9H2,1H3,(H,17,18). The van der Waals surface area contributed by atoms with Gasteiger partial charge in [-0.3, -0.25) is 4.79 Å². The van der Waals surface area contributed by atoms with Crippen molar-refractivity contribution < 1.29 is 14.7 Å². The topological polar surface area (TPSA) is 57.6 Å². The summed E-state index contributed by atoms with van der Waals surface area (Å²) in [6, 6.07) is 5.01. The van der Waals surface area contributed by atoms with Gasteiger partial charge >= 0.3 is 5.97 Å². The van der Waals surface area contributed by atoms with Gasteiger partial charge in [0.05, 0.1) is 11.3 Å². The van der Waals surface area contributed by atoms with Crippen LogP contribution in [0, 0.1) is 6.92 Å². The molecule has 0 unspecified atom stereocenters. The quantitative estimate of drug-likeness (QED) is 0.860. The van der Waals surface area contributed by atoms with Gasteiger partial charge < -0.3 is 10.0 Å². The number of amides is 1. The van der Waals surface area contributed by atoms with Crippen molar-refractivity contribution in [2.24, 2.45) is 0 Å². The van der Waals surface area contributed by atoms with Crippen molar-refractivity contribution >= 4 is 23.6 Å². The van der Waals surface area contributed by atoms with Crippen molar-refractivity contribution in [3.05, 3.63) is 29.3 Å². The van der Waals surface area contributed by atoms with E-state index in [0.29, 0.717) is 5.75 Å². The van der Waals surface area contributed by atoms with Gasteiger partial charge in [-0.15, -0.1) is 11.8 Å². The number of carboxylic acid groups (broad SMARTS) is 1. The van der Waals surface area contributed by atoms with Crippen LogP contribution in [0.25, 0.3) is 0 Å². The summed E-state index contributed by atoms with van der Waals surface area (Å²) in [5, 5.41) is 8.97. The average Bonchev–Trinajstić information content (AvgIpc) is 2.91. The Morgan fingerprint density at radius 3 is 2.63 bits per heavy atom. The number of nitrogens with zero attached hydrogens (tertiary/aromatic N) is 1. The summed E-state index contributed by atoms with van der Waals surface area (Å²) in [7, 11) is 0. The number of thioether (sulfide) groups is 1. The number of hydrogen-bond acceptors (Lipinski definition) is 3. The molecule has 1 saturated heterocycles. The SMILES string of the molecule is Cc1ccc(C(=O)O)cc1SCC(=O)N1CCCC1. The van der Waals surface area contributed by atoms with Crippen LogP contribution >= 0.6 is 11.8 Å². The van der Waals surface area contributed by atoms with E-state index in [1.165, 1.54) is 11.8 Å². The highest BCUT2D eigenvalue weighted by atomic mass is 32.2. The van der Waals surface area contributed by atoms with Gasteiger partial charge in [-0.2, -0.15) is 0 Å². The van der Waals surface area contributed by atoms with Crippen molar-refractivity contribution in [1.82, 2.24) is 4.90 Å². The van der Waals surface area contributed by atoms with Crippen molar-refractivity contribution in [1.29, 1.82) is 0 Å². The molecule has 1 amide bonds. The maximum absolute atomic E-state index is 11.9. The molecule has 0 saturated carbocycles. The molecule has 0 radical (unpaired) electrons. The lowest BCUT2D eigenvalue weighted by Crippen LogP contribution is -2.29. The second-order valence-electron chi connectivity index (χ2n) is 4.66. The third kappa shape index (κ3) is 3.50. The molecule has 5 heteroatoms. The van der Waals surface area contributed by atoms with E-state index >= 15 is 0 Å². The number of likely N-dealkylation sites (tertiary alicyclic amines) is 1. The molecule has 1 fully saturated rings. The third-order valence-electron chi connectivity index (χ3n) is 3.25. The summed E-state index contributed by atoms with van der Waals surface area (Å²) >= 11 is 1.42. The van der Waals surface area contributed by atoms with E-state index in [1.807, 2.05) is 11.8 Å². The van der Waals surface area contributed by atoms with Crippen LogP contribution in [0.1, 0.15) is 28.8 Å². The number of carbonyl (C=O) groups is 2. The lowest BCUT2D eigenvalue weighted by Gasteiger charge is -2.15. The highest BCUT2D eigenvalue weighted by Gasteiger charge is 2.18. The number of carbonyl (C=O) groups excluding carboxylic acids is 1. The molecular weight excluding hydrogens is 262 g/mol. The van der Waals surface area contributed by atoms with E-state index in [1.54, 1.807) is 18.2 Å². The van der Waals surface area contributed by atoms with E-state index in [2.05, 4.69) is 0 Å². The molecule has 0 spiro atoms. The Morgan fingerprint density at radius 2 is 2.00 bits per heavy atom. The third-order valence-corrected chi connectivity index (χ3v) is 4.39. The number of aryl methyl sites for hydroxylation is 1. The number of benzene rings is 1. The minimum absolute atomic E-state index is 0.141. The molecule has 1 aliphatic heterocycles. The fourth-order valence-corrected chi connectivity index (χ4v) is 3.05. The van der Waals surface area contributed by atoms with Gasteiger partial charge in [0.1, 0.15) is 0 Å². The Hall–Kier alpha value is -1.49. The van der Waals surface area contributed by atoms with Gasteiger partial charge in [0.15, 0.2) is 0 Å². The number of aromatic carboxylic acids is 1. The van der Waals surface area contributed by atoms with E-state index in [0.717, 1.165) is 36.4 Å². The van der Waals surface area contributed by atoms with E-state index in [4.69, 9.17) is 5.11 Å². The maximum atomic E-state index is 11.9. The molecule has 1 aromatic carbocycles. The van der Waals surface area contributed by atoms with Crippen LogP contribution in [0.3, 0.4) is 0 Å². The summed E-state index contributed by atoms with van der Waals surface area (Å²) < 4.78 is 0. The smallest absolute Gasteiger partial charge is 0.335 e. The van der Waals surface area contributed by atoms with Gasteiger partial charge in [0.25, 0.3) is 0 Å². The molecule has 0 aliphatic carbocycles. The summed E-state index contributed by atoms with van der Waals surface area (Å²) in [5.74, 6) is -0.417. The van der Waals surface area contributed by atoms with Gasteiger partial charge in [0, 0.05) is 18.0 Å². The van der Waals surface area contributed by atoms with Gasteiger partial charge in [0.2, 0.25) is 5.91 Å². The molecule has 1 aliphatic rings. The highest BCUT2D eigenvalue weighted by molar-refractivity contribution is 8.00. The van der Waals surface area contributed by atoms with Crippen LogP contribution in [0.4, 0.5) is 0 Å². The zero-order valence-corrected chi connectivity index (χ0v) is 11.7. The van der Waals surface area contributed by atoms with Crippen LogP contribution in [0.2, 0.25) is 0 Å². The average molecular weight is 279 g/mol. The van der Waals surface area contributed by atoms with Crippen LogP contribution in [0.15, 0.2) is 23.1 Å². The molecule has 1 N–H and O–H groups in total. The fourth-order valence-electron chi connectivity index (χ4n) is 2.09. The Morgan fingerprint density at radius 1 is 1.32 bits per heavy atom. The predicted molar refractivity (Wildman–Crippen MR) is 74.7 cm³/mol. The molecule has 2 rings (SSSR count). The molecule has 19 heavy (non-hydrogen) atoms. The molecule has 102 valence electrons. The molecule has 4 nitrogen and oxygen atoms in total. The summed E-state index contributed by atoms with van der Waals surface area (Å²) in [4.78, 5) is 25.6. The van der Waals surface area contributed by atoms with Gasteiger partial charge in [-0.1, -0.05) is 6.07 Å². The van der Waals surface area contributed by atoms with Gasteiger partial charge in [-0.05, 0) is 37.5 Å². The second-order valence-corrected chi connectivity index (χ2v) is 5.68. The van der Waals surface area contributed by atoms with Crippen molar-refractivity contribution in [2.45, 2.75) is 24.7 Å². The summed E-state index contributed by atoms with van der Waals surface area (Å²) in [6.45, 7) is 3.63. The Balaban J connectivity index is 2.00. The van der Waals surface area contributed by atoms with Gasteiger partial charge in [-0.25, -0.2) is 4.79 Å². The van der Waals surface area contributed by atoms with E-state index < -0.39 is 5.97 Å². The first-order valence-corrected chi connectivity index (χ1v) is 7.31. The molecule has 0 bridgehead atoms. The van der Waals surface area contributed by atoms with Crippen molar-refractivity contribution in [3.8, 4) is 0 Å². The largest absolute Gasteiger partial charge is 0.478 e. The first-order valence-electron chi connectivity index (χ1n) is 6.32. The maximum Gasteiger partial charge on any atom is 0.335 e.